The SMILES string of the molecule is CCCCSc1nnc2c(n1)O[C@@H](C(=O)c1ccccc1)Nc1ccc(Br)cc1-2. The van der Waals surface area contributed by atoms with Crippen LogP contribution in [0.3, 0.4) is 0 Å². The Morgan fingerprint density at radius 1 is 1.21 bits per heavy atom. The van der Waals surface area contributed by atoms with Crippen LogP contribution in [0.4, 0.5) is 5.69 Å². The van der Waals surface area contributed by atoms with Crippen LogP contribution in [0.25, 0.3) is 11.3 Å². The van der Waals surface area contributed by atoms with E-state index in [1.54, 1.807) is 12.1 Å². The van der Waals surface area contributed by atoms with E-state index >= 15 is 0 Å². The van der Waals surface area contributed by atoms with Gasteiger partial charge in [-0.25, -0.2) is 0 Å². The summed E-state index contributed by atoms with van der Waals surface area (Å²) < 4.78 is 6.93. The van der Waals surface area contributed by atoms with Crippen molar-refractivity contribution < 1.29 is 9.53 Å². The summed E-state index contributed by atoms with van der Waals surface area (Å²) in [4.78, 5) is 17.6. The quantitative estimate of drug-likeness (QED) is 0.301. The Bertz CT molecular complexity index is 1030. The van der Waals surface area contributed by atoms with Crippen LogP contribution in [0.2, 0.25) is 0 Å². The summed E-state index contributed by atoms with van der Waals surface area (Å²) in [6, 6.07) is 14.8. The minimum absolute atomic E-state index is 0.175. The number of ketones is 1. The molecule has 0 aliphatic carbocycles. The van der Waals surface area contributed by atoms with E-state index in [9.17, 15) is 4.79 Å². The monoisotopic (exact) mass is 470 g/mol. The third kappa shape index (κ3) is 4.43. The number of hydrogen-bond acceptors (Lipinski definition) is 7. The van der Waals surface area contributed by atoms with Gasteiger partial charge in [0.25, 0.3) is 0 Å². The van der Waals surface area contributed by atoms with Crippen LogP contribution in [-0.4, -0.2) is 32.9 Å². The van der Waals surface area contributed by atoms with Gasteiger partial charge in [0.05, 0.1) is 0 Å². The fourth-order valence-electron chi connectivity index (χ4n) is 2.91. The molecule has 0 saturated heterocycles. The van der Waals surface area contributed by atoms with Crippen molar-refractivity contribution in [3.8, 4) is 17.1 Å². The number of nitrogens with zero attached hydrogens (tertiary/aromatic N) is 3. The number of carbonyl (C=O) groups is 1. The van der Waals surface area contributed by atoms with Crippen molar-refractivity contribution in [2.45, 2.75) is 31.1 Å². The maximum absolute atomic E-state index is 13.1. The Labute approximate surface area is 181 Å². The molecule has 1 N–H and O–H groups in total. The average molecular weight is 471 g/mol. The number of rotatable bonds is 6. The van der Waals surface area contributed by atoms with Crippen LogP contribution >= 0.6 is 27.7 Å². The zero-order chi connectivity index (χ0) is 20.2. The van der Waals surface area contributed by atoms with Crippen LogP contribution in [0.1, 0.15) is 30.1 Å². The molecule has 2 aromatic carbocycles. The van der Waals surface area contributed by atoms with Crippen LogP contribution in [0.15, 0.2) is 58.2 Å². The number of halogens is 1. The Morgan fingerprint density at radius 2 is 2.03 bits per heavy atom. The molecule has 0 bridgehead atoms. The number of fused-ring (bicyclic) bond motifs is 3. The van der Waals surface area contributed by atoms with Gasteiger partial charge in [-0.3, -0.25) is 4.79 Å². The number of carbonyl (C=O) groups excluding carboxylic acids is 1. The van der Waals surface area contributed by atoms with Gasteiger partial charge in [0.15, 0.2) is 5.69 Å². The molecule has 4 rings (SSSR count). The van der Waals surface area contributed by atoms with Crippen LogP contribution in [0.5, 0.6) is 5.88 Å². The first-order valence-electron chi connectivity index (χ1n) is 9.35. The fourth-order valence-corrected chi connectivity index (χ4v) is 4.13. The molecule has 0 amide bonds. The molecule has 0 unspecified atom stereocenters. The summed E-state index contributed by atoms with van der Waals surface area (Å²) in [6.07, 6.45) is 1.25. The summed E-state index contributed by atoms with van der Waals surface area (Å²) in [6.45, 7) is 2.14. The number of nitrogens with one attached hydrogen (secondary N) is 1. The zero-order valence-corrected chi connectivity index (χ0v) is 18.2. The van der Waals surface area contributed by atoms with Crippen molar-refractivity contribution in [2.24, 2.45) is 0 Å². The largest absolute Gasteiger partial charge is 0.444 e. The van der Waals surface area contributed by atoms with Crippen molar-refractivity contribution in [3.05, 3.63) is 58.6 Å². The van der Waals surface area contributed by atoms with Crippen molar-refractivity contribution in [2.75, 3.05) is 11.1 Å². The standard InChI is InChI=1S/C21H19BrN4O2S/c1-2-3-11-29-21-24-19-17(25-26-21)15-12-14(22)9-10-16(15)23-20(28-19)18(27)13-7-5-4-6-8-13/h4-10,12,20,23H,2-3,11H2,1H3/t20-/m0/s1. The molecule has 0 spiro atoms. The second kappa shape index (κ2) is 8.92. The van der Waals surface area contributed by atoms with Crippen LogP contribution in [0, 0.1) is 0 Å². The van der Waals surface area contributed by atoms with Gasteiger partial charge in [-0.05, 0) is 24.6 Å². The van der Waals surface area contributed by atoms with Crippen LogP contribution in [-0.2, 0) is 0 Å². The van der Waals surface area contributed by atoms with E-state index in [-0.39, 0.29) is 5.78 Å². The molecule has 2 heterocycles. The number of benzene rings is 2. The van der Waals surface area contributed by atoms with Gasteiger partial charge >= 0.3 is 0 Å². The molecule has 0 radical (unpaired) electrons. The predicted octanol–water partition coefficient (Wildman–Crippen LogP) is 5.21. The van der Waals surface area contributed by atoms with Crippen molar-refractivity contribution in [1.29, 1.82) is 0 Å². The highest BCUT2D eigenvalue weighted by Crippen LogP contribution is 2.38. The molecular formula is C21H19BrN4O2S. The lowest BCUT2D eigenvalue weighted by Crippen LogP contribution is -2.35. The minimum atomic E-state index is -0.913. The average Bonchev–Trinajstić information content (AvgIpc) is 2.90. The molecule has 6 nitrogen and oxygen atoms in total. The Balaban J connectivity index is 1.74. The van der Waals surface area contributed by atoms with Gasteiger partial charge in [0.2, 0.25) is 23.0 Å². The molecule has 8 heteroatoms. The van der Waals surface area contributed by atoms with Crippen molar-refractivity contribution >= 4 is 39.2 Å². The Morgan fingerprint density at radius 3 is 2.83 bits per heavy atom. The highest BCUT2D eigenvalue weighted by molar-refractivity contribution is 9.10. The van der Waals surface area contributed by atoms with E-state index < -0.39 is 6.23 Å². The van der Waals surface area contributed by atoms with Gasteiger partial charge in [-0.2, -0.15) is 4.98 Å². The number of aromatic nitrogens is 3. The lowest BCUT2D eigenvalue weighted by molar-refractivity contribution is 0.0823. The van der Waals surface area contributed by atoms with Crippen molar-refractivity contribution in [3.63, 3.8) is 0 Å². The summed E-state index contributed by atoms with van der Waals surface area (Å²) in [5, 5.41) is 12.4. The predicted molar refractivity (Wildman–Crippen MR) is 117 cm³/mol. The minimum Gasteiger partial charge on any atom is -0.444 e. The normalized spacial score (nSPS) is 14.8. The molecule has 1 aromatic heterocycles. The molecule has 1 aliphatic rings. The molecule has 148 valence electrons. The van der Waals surface area contributed by atoms with Gasteiger partial charge < -0.3 is 10.1 Å². The van der Waals surface area contributed by atoms with Crippen LogP contribution < -0.4 is 10.1 Å². The van der Waals surface area contributed by atoms with Gasteiger partial charge in [-0.1, -0.05) is 71.4 Å². The topological polar surface area (TPSA) is 77.0 Å². The van der Waals surface area contributed by atoms with E-state index in [2.05, 4.69) is 43.4 Å². The highest BCUT2D eigenvalue weighted by Gasteiger charge is 2.30. The first kappa shape index (κ1) is 19.8. The van der Waals surface area contributed by atoms with E-state index in [1.807, 2.05) is 36.4 Å². The maximum Gasteiger partial charge on any atom is 0.247 e. The number of unbranched alkanes of at least 4 members (excludes halogenated alkanes) is 1. The summed E-state index contributed by atoms with van der Waals surface area (Å²) in [5.41, 5.74) is 2.59. The number of ether oxygens (including phenoxy) is 1. The zero-order valence-electron chi connectivity index (χ0n) is 15.8. The summed E-state index contributed by atoms with van der Waals surface area (Å²) >= 11 is 5.03. The Hall–Kier alpha value is -2.45. The van der Waals surface area contributed by atoms with Gasteiger partial charge in [-0.15, -0.1) is 10.2 Å². The van der Waals surface area contributed by atoms with Crippen molar-refractivity contribution in [1.82, 2.24) is 15.2 Å². The van der Waals surface area contributed by atoms with E-state index in [1.165, 1.54) is 11.8 Å². The second-order valence-electron chi connectivity index (χ2n) is 6.51. The fraction of sp³-hybridized carbons (Fsp3) is 0.238. The Kier molecular flexibility index (Phi) is 6.10. The molecule has 3 aromatic rings. The van der Waals surface area contributed by atoms with Gasteiger partial charge in [0, 0.05) is 27.0 Å². The smallest absolute Gasteiger partial charge is 0.247 e. The first-order chi connectivity index (χ1) is 14.2. The maximum atomic E-state index is 13.1. The summed E-state index contributed by atoms with van der Waals surface area (Å²) in [7, 11) is 0. The molecule has 29 heavy (non-hydrogen) atoms. The molecule has 0 fully saturated rings. The lowest BCUT2D eigenvalue weighted by Gasteiger charge is -2.17. The third-order valence-corrected chi connectivity index (χ3v) is 5.83. The number of thioether (sulfide) groups is 1. The van der Waals surface area contributed by atoms with E-state index in [4.69, 9.17) is 4.74 Å². The number of hydrogen-bond donors (Lipinski definition) is 1. The molecule has 1 atom stereocenters. The van der Waals surface area contributed by atoms with Gasteiger partial charge in [0.1, 0.15) is 0 Å². The third-order valence-electron chi connectivity index (χ3n) is 4.41. The number of Topliss-reactive ketones (excluding diaryl/α,β-unsaturated/α-hetero) is 1. The summed E-state index contributed by atoms with van der Waals surface area (Å²) in [5.74, 6) is 1.03. The highest BCUT2D eigenvalue weighted by atomic mass is 79.9. The molecular weight excluding hydrogens is 452 g/mol. The molecule has 1 aliphatic heterocycles. The van der Waals surface area contributed by atoms with E-state index in [0.29, 0.717) is 22.3 Å². The molecule has 0 saturated carbocycles. The van der Waals surface area contributed by atoms with E-state index in [0.717, 1.165) is 34.3 Å². The second-order valence-corrected chi connectivity index (χ2v) is 8.49. The lowest BCUT2D eigenvalue weighted by atomic mass is 10.1. The first-order valence-corrected chi connectivity index (χ1v) is 11.1. The number of anilines is 1.